The van der Waals surface area contributed by atoms with Crippen LogP contribution in [-0.4, -0.2) is 86.3 Å². The van der Waals surface area contributed by atoms with Gasteiger partial charge in [-0.25, -0.2) is 16.8 Å². The molecule has 4 heterocycles. The molecule has 0 aliphatic carbocycles. The van der Waals surface area contributed by atoms with Crippen molar-refractivity contribution in [3.63, 3.8) is 0 Å². The molecular formula is C18H28N4O5S2. The Labute approximate surface area is 172 Å². The quantitative estimate of drug-likeness (QED) is 0.674. The fourth-order valence-electron chi connectivity index (χ4n) is 4.62. The van der Waals surface area contributed by atoms with Crippen molar-refractivity contribution in [3.05, 3.63) is 18.0 Å². The predicted octanol–water partition coefficient (Wildman–Crippen LogP) is -0.199. The molecule has 2 atom stereocenters. The minimum Gasteiger partial charge on any atom is -0.345 e. The average molecular weight is 445 g/mol. The summed E-state index contributed by atoms with van der Waals surface area (Å²) >= 11 is 0. The highest BCUT2D eigenvalue weighted by Gasteiger charge is 2.42. The van der Waals surface area contributed by atoms with E-state index in [1.165, 1.54) is 21.1 Å². The average Bonchev–Trinajstić information content (AvgIpc) is 3.41. The van der Waals surface area contributed by atoms with E-state index in [1.807, 2.05) is 0 Å². The molecule has 2 unspecified atom stereocenters. The SMILES string of the molecule is Cn1cc(S(=O)(=O)N2CCCC2)cc1C(=O)NC1CS(=O)(=O)CC1N1CCCC1. The number of likely N-dealkylation sites (tertiary alicyclic amines) is 1. The molecule has 3 aliphatic rings. The molecule has 3 aliphatic heterocycles. The van der Waals surface area contributed by atoms with Gasteiger partial charge in [0.05, 0.1) is 17.5 Å². The van der Waals surface area contributed by atoms with Crippen molar-refractivity contribution in [3.8, 4) is 0 Å². The molecular weight excluding hydrogens is 416 g/mol. The minimum atomic E-state index is -3.62. The first-order valence-electron chi connectivity index (χ1n) is 10.1. The van der Waals surface area contributed by atoms with Crippen LogP contribution in [0.5, 0.6) is 0 Å². The van der Waals surface area contributed by atoms with Gasteiger partial charge in [0.1, 0.15) is 10.6 Å². The van der Waals surface area contributed by atoms with Crippen molar-refractivity contribution >= 4 is 25.8 Å². The number of hydrogen-bond acceptors (Lipinski definition) is 6. The fraction of sp³-hybridized carbons (Fsp3) is 0.722. The molecule has 1 aromatic rings. The number of carbonyl (C=O) groups is 1. The van der Waals surface area contributed by atoms with E-state index < -0.39 is 31.8 Å². The van der Waals surface area contributed by atoms with E-state index >= 15 is 0 Å². The maximum Gasteiger partial charge on any atom is 0.268 e. The van der Waals surface area contributed by atoms with Gasteiger partial charge in [-0.3, -0.25) is 9.69 Å². The number of hydrogen-bond donors (Lipinski definition) is 1. The maximum atomic E-state index is 12.9. The largest absolute Gasteiger partial charge is 0.345 e. The summed E-state index contributed by atoms with van der Waals surface area (Å²) in [5.74, 6) is -0.468. The lowest BCUT2D eigenvalue weighted by Crippen LogP contribution is -2.50. The van der Waals surface area contributed by atoms with Crippen LogP contribution in [0.2, 0.25) is 0 Å². The van der Waals surface area contributed by atoms with Crippen molar-refractivity contribution in [2.45, 2.75) is 42.7 Å². The van der Waals surface area contributed by atoms with E-state index in [4.69, 9.17) is 0 Å². The zero-order valence-corrected chi connectivity index (χ0v) is 18.2. The topological polar surface area (TPSA) is 109 Å². The van der Waals surface area contributed by atoms with E-state index in [0.717, 1.165) is 38.8 Å². The Morgan fingerprint density at radius 3 is 2.34 bits per heavy atom. The van der Waals surface area contributed by atoms with Crippen LogP contribution in [-0.2, 0) is 26.9 Å². The highest BCUT2D eigenvalue weighted by molar-refractivity contribution is 7.91. The minimum absolute atomic E-state index is 0.0552. The first kappa shape index (κ1) is 20.8. The van der Waals surface area contributed by atoms with Crippen molar-refractivity contribution in [2.24, 2.45) is 7.05 Å². The second-order valence-corrected chi connectivity index (χ2v) is 12.3. The van der Waals surface area contributed by atoms with Crippen molar-refractivity contribution in [1.29, 1.82) is 0 Å². The molecule has 1 amide bonds. The number of amides is 1. The summed E-state index contributed by atoms with van der Waals surface area (Å²) in [5.41, 5.74) is 0.215. The molecule has 0 bridgehead atoms. The Hall–Kier alpha value is -1.43. The highest BCUT2D eigenvalue weighted by Crippen LogP contribution is 2.25. The third-order valence-electron chi connectivity index (χ3n) is 6.16. The smallest absolute Gasteiger partial charge is 0.268 e. The molecule has 29 heavy (non-hydrogen) atoms. The summed E-state index contributed by atoms with van der Waals surface area (Å²) in [7, 11) is -5.20. The van der Waals surface area contributed by atoms with E-state index in [1.54, 1.807) is 7.05 Å². The van der Waals surface area contributed by atoms with Crippen LogP contribution < -0.4 is 5.32 Å². The predicted molar refractivity (Wildman–Crippen MR) is 108 cm³/mol. The third kappa shape index (κ3) is 4.10. The van der Waals surface area contributed by atoms with Gasteiger partial charge in [-0.15, -0.1) is 0 Å². The van der Waals surface area contributed by atoms with E-state index in [0.29, 0.717) is 13.1 Å². The summed E-state index contributed by atoms with van der Waals surface area (Å²) in [6.45, 7) is 2.68. The zero-order chi connectivity index (χ0) is 20.8. The van der Waals surface area contributed by atoms with Gasteiger partial charge in [0.15, 0.2) is 9.84 Å². The van der Waals surface area contributed by atoms with Crippen LogP contribution >= 0.6 is 0 Å². The second kappa shape index (κ2) is 7.68. The molecule has 0 saturated carbocycles. The number of carbonyl (C=O) groups excluding carboxylic acids is 1. The van der Waals surface area contributed by atoms with E-state index in [9.17, 15) is 21.6 Å². The Bertz CT molecular complexity index is 989. The van der Waals surface area contributed by atoms with Crippen LogP contribution in [0, 0.1) is 0 Å². The first-order chi connectivity index (χ1) is 13.7. The van der Waals surface area contributed by atoms with Crippen molar-refractivity contribution in [2.75, 3.05) is 37.7 Å². The number of sulfone groups is 1. The third-order valence-corrected chi connectivity index (χ3v) is 9.74. The second-order valence-electron chi connectivity index (χ2n) is 8.25. The van der Waals surface area contributed by atoms with Crippen LogP contribution in [0.1, 0.15) is 36.2 Å². The monoisotopic (exact) mass is 444 g/mol. The summed E-state index contributed by atoms with van der Waals surface area (Å²) in [5, 5.41) is 2.86. The van der Waals surface area contributed by atoms with Gasteiger partial charge >= 0.3 is 0 Å². The Kier molecular flexibility index (Phi) is 5.51. The lowest BCUT2D eigenvalue weighted by atomic mass is 10.1. The standard InChI is InChI=1S/C18H28N4O5S2/c1-20-11-14(29(26,27)22-8-4-5-9-22)10-16(20)18(23)19-15-12-28(24,25)13-17(15)21-6-2-3-7-21/h10-11,15,17H,2-9,12-13H2,1H3,(H,19,23). The van der Waals surface area contributed by atoms with Gasteiger partial charge in [-0.05, 0) is 44.8 Å². The molecule has 162 valence electrons. The van der Waals surface area contributed by atoms with E-state index in [2.05, 4.69) is 10.2 Å². The molecule has 1 aromatic heterocycles. The molecule has 4 rings (SSSR count). The number of aryl methyl sites for hydroxylation is 1. The number of nitrogens with zero attached hydrogens (tertiary/aromatic N) is 3. The summed E-state index contributed by atoms with van der Waals surface area (Å²) in [4.78, 5) is 15.1. The zero-order valence-electron chi connectivity index (χ0n) is 16.6. The normalized spacial score (nSPS) is 28.2. The fourth-order valence-corrected chi connectivity index (χ4v) is 8.16. The van der Waals surface area contributed by atoms with Gasteiger partial charge in [0.2, 0.25) is 10.0 Å². The number of aromatic nitrogens is 1. The molecule has 11 heteroatoms. The lowest BCUT2D eigenvalue weighted by Gasteiger charge is -2.28. The first-order valence-corrected chi connectivity index (χ1v) is 13.4. The maximum absolute atomic E-state index is 12.9. The van der Waals surface area contributed by atoms with Gasteiger partial charge in [-0.2, -0.15) is 4.31 Å². The molecule has 0 aromatic carbocycles. The Morgan fingerprint density at radius 1 is 1.07 bits per heavy atom. The molecule has 3 saturated heterocycles. The van der Waals surface area contributed by atoms with Crippen LogP contribution in [0.25, 0.3) is 0 Å². The number of rotatable bonds is 5. The summed E-state index contributed by atoms with van der Waals surface area (Å²) in [6.07, 6.45) is 5.20. The lowest BCUT2D eigenvalue weighted by molar-refractivity contribution is 0.0910. The summed E-state index contributed by atoms with van der Waals surface area (Å²) < 4.78 is 52.9. The summed E-state index contributed by atoms with van der Waals surface area (Å²) in [6, 6.07) is 0.677. The number of sulfonamides is 1. The molecule has 9 nitrogen and oxygen atoms in total. The number of nitrogens with one attached hydrogen (secondary N) is 1. The van der Waals surface area contributed by atoms with Crippen LogP contribution in [0.3, 0.4) is 0 Å². The molecule has 0 radical (unpaired) electrons. The van der Waals surface area contributed by atoms with Gasteiger partial charge in [0, 0.05) is 32.4 Å². The van der Waals surface area contributed by atoms with Crippen LogP contribution in [0.15, 0.2) is 17.2 Å². The van der Waals surface area contributed by atoms with Gasteiger partial charge in [-0.1, -0.05) is 0 Å². The van der Waals surface area contributed by atoms with Crippen molar-refractivity contribution < 1.29 is 21.6 Å². The van der Waals surface area contributed by atoms with Gasteiger partial charge < -0.3 is 9.88 Å². The van der Waals surface area contributed by atoms with Crippen molar-refractivity contribution in [1.82, 2.24) is 19.1 Å². The van der Waals surface area contributed by atoms with Gasteiger partial charge in [0.25, 0.3) is 5.91 Å². The Balaban J connectivity index is 1.53. The van der Waals surface area contributed by atoms with Crippen LogP contribution in [0.4, 0.5) is 0 Å². The molecule has 1 N–H and O–H groups in total. The highest BCUT2D eigenvalue weighted by atomic mass is 32.2. The van der Waals surface area contributed by atoms with E-state index in [-0.39, 0.29) is 28.1 Å². The molecule has 3 fully saturated rings. The molecule has 0 spiro atoms. The Morgan fingerprint density at radius 2 is 1.69 bits per heavy atom.